The Bertz CT molecular complexity index is 1580. The number of thiophene rings is 2. The van der Waals surface area contributed by atoms with Crippen LogP contribution in [0.1, 0.15) is 12.5 Å². The summed E-state index contributed by atoms with van der Waals surface area (Å²) in [6, 6.07) is 12.0. The Labute approximate surface area is 245 Å². The largest absolute Gasteiger partial charge is 0.492 e. The number of carbonyl (C=O) groups is 2. The SMILES string of the molecule is CC1=C(Nc2nc(-c3cccs3)nc3sc(-c4ccc(OCCN5CCOCC5)cc4)c(C)c23)C(=O)NC1=O.Cl. The molecule has 9 nitrogen and oxygen atoms in total. The molecule has 0 aliphatic carbocycles. The highest BCUT2D eigenvalue weighted by molar-refractivity contribution is 7.22. The van der Waals surface area contributed by atoms with Crippen LogP contribution >= 0.6 is 35.1 Å². The molecule has 5 heterocycles. The van der Waals surface area contributed by atoms with Gasteiger partial charge >= 0.3 is 0 Å². The molecule has 0 atom stereocenters. The van der Waals surface area contributed by atoms with Crippen LogP contribution < -0.4 is 15.4 Å². The molecule has 208 valence electrons. The lowest BCUT2D eigenvalue weighted by atomic mass is 10.1. The van der Waals surface area contributed by atoms with Crippen LogP contribution in [0.4, 0.5) is 5.82 Å². The molecule has 0 bridgehead atoms. The Morgan fingerprint density at radius 1 is 1.07 bits per heavy atom. The fourth-order valence-electron chi connectivity index (χ4n) is 4.65. The molecule has 12 heteroatoms. The molecule has 2 aliphatic heterocycles. The zero-order valence-corrected chi connectivity index (χ0v) is 24.4. The number of amides is 2. The molecule has 3 aromatic heterocycles. The smallest absolute Gasteiger partial charge is 0.275 e. The van der Waals surface area contributed by atoms with Crippen molar-refractivity contribution in [3.8, 4) is 26.9 Å². The van der Waals surface area contributed by atoms with Crippen molar-refractivity contribution in [1.29, 1.82) is 0 Å². The quantitative estimate of drug-likeness (QED) is 0.277. The minimum atomic E-state index is -0.459. The molecule has 0 radical (unpaired) electrons. The fourth-order valence-corrected chi connectivity index (χ4v) is 6.50. The molecule has 0 spiro atoms. The molecule has 2 aliphatic rings. The second kappa shape index (κ2) is 12.0. The standard InChI is InChI=1S/C28H27N5O4S2.ClH/c1-16-21-25(29-22-17(2)26(34)32-27(22)35)30-24(20-4-3-15-38-20)31-28(21)39-23(16)18-5-7-19(8-6-18)37-14-11-33-9-12-36-13-10-33;/h3-8,15H,9-14H2,1-2H3,(H2,29,30,31,32,34,35);1H. The topological polar surface area (TPSA) is 106 Å². The van der Waals surface area contributed by atoms with E-state index in [1.807, 2.05) is 36.6 Å². The Balaban J connectivity index is 0.00000323. The first-order valence-electron chi connectivity index (χ1n) is 12.7. The van der Waals surface area contributed by atoms with E-state index in [1.54, 1.807) is 29.6 Å². The first kappa shape index (κ1) is 28.2. The molecular weight excluding hydrogens is 570 g/mol. The molecular formula is C28H28ClN5O4S2. The molecule has 4 aromatic rings. The van der Waals surface area contributed by atoms with Crippen molar-refractivity contribution in [2.24, 2.45) is 0 Å². The van der Waals surface area contributed by atoms with Crippen LogP contribution in [0.5, 0.6) is 5.75 Å². The Kier molecular flexibility index (Phi) is 8.48. The van der Waals surface area contributed by atoms with E-state index >= 15 is 0 Å². The van der Waals surface area contributed by atoms with E-state index in [0.717, 1.165) is 69.7 Å². The van der Waals surface area contributed by atoms with E-state index in [0.29, 0.717) is 23.8 Å². The number of hydrogen-bond acceptors (Lipinski definition) is 10. The number of carbonyl (C=O) groups excluding carboxylic acids is 2. The van der Waals surface area contributed by atoms with Gasteiger partial charge in [0, 0.05) is 30.1 Å². The van der Waals surface area contributed by atoms with Crippen molar-refractivity contribution in [3.05, 3.63) is 58.6 Å². The maximum absolute atomic E-state index is 12.4. The third-order valence-corrected chi connectivity index (χ3v) is 8.94. The van der Waals surface area contributed by atoms with Gasteiger partial charge in [0.05, 0.1) is 23.5 Å². The normalized spacial score (nSPS) is 15.8. The van der Waals surface area contributed by atoms with Gasteiger partial charge in [-0.15, -0.1) is 35.1 Å². The molecule has 1 fully saturated rings. The van der Waals surface area contributed by atoms with Gasteiger partial charge in [-0.1, -0.05) is 6.07 Å². The van der Waals surface area contributed by atoms with Gasteiger partial charge < -0.3 is 14.8 Å². The van der Waals surface area contributed by atoms with Gasteiger partial charge in [0.2, 0.25) is 0 Å². The minimum absolute atomic E-state index is 0. The maximum Gasteiger partial charge on any atom is 0.275 e. The number of nitrogens with zero attached hydrogens (tertiary/aromatic N) is 3. The molecule has 2 amide bonds. The van der Waals surface area contributed by atoms with Crippen molar-refractivity contribution in [2.45, 2.75) is 13.8 Å². The van der Waals surface area contributed by atoms with Crippen LogP contribution in [-0.2, 0) is 14.3 Å². The lowest BCUT2D eigenvalue weighted by Gasteiger charge is -2.26. The lowest BCUT2D eigenvalue weighted by Crippen LogP contribution is -2.38. The highest BCUT2D eigenvalue weighted by Gasteiger charge is 2.29. The molecule has 1 saturated heterocycles. The Morgan fingerprint density at radius 2 is 1.85 bits per heavy atom. The van der Waals surface area contributed by atoms with E-state index in [1.165, 1.54) is 0 Å². The first-order valence-corrected chi connectivity index (χ1v) is 14.4. The number of hydrogen-bond donors (Lipinski definition) is 2. The third kappa shape index (κ3) is 5.61. The Hall–Kier alpha value is -3.35. The molecule has 2 N–H and O–H groups in total. The van der Waals surface area contributed by atoms with Gasteiger partial charge in [-0.2, -0.15) is 0 Å². The van der Waals surface area contributed by atoms with Gasteiger partial charge in [0.1, 0.15) is 28.7 Å². The first-order chi connectivity index (χ1) is 19.0. The van der Waals surface area contributed by atoms with Gasteiger partial charge in [-0.05, 0) is 60.7 Å². The van der Waals surface area contributed by atoms with Crippen LogP contribution in [0.25, 0.3) is 31.4 Å². The van der Waals surface area contributed by atoms with Crippen molar-refractivity contribution in [2.75, 3.05) is 44.8 Å². The van der Waals surface area contributed by atoms with E-state index in [-0.39, 0.29) is 18.1 Å². The van der Waals surface area contributed by atoms with E-state index in [4.69, 9.17) is 19.4 Å². The Morgan fingerprint density at radius 3 is 2.52 bits per heavy atom. The number of nitrogens with one attached hydrogen (secondary N) is 2. The average molecular weight is 598 g/mol. The number of anilines is 1. The van der Waals surface area contributed by atoms with Crippen molar-refractivity contribution in [1.82, 2.24) is 20.2 Å². The number of halogens is 1. The van der Waals surface area contributed by atoms with Gasteiger partial charge in [0.25, 0.3) is 11.8 Å². The summed E-state index contributed by atoms with van der Waals surface area (Å²) < 4.78 is 11.4. The summed E-state index contributed by atoms with van der Waals surface area (Å²) in [5.41, 5.74) is 2.59. The number of aryl methyl sites for hydroxylation is 1. The lowest BCUT2D eigenvalue weighted by molar-refractivity contribution is -0.124. The second-order valence-corrected chi connectivity index (χ2v) is 11.3. The van der Waals surface area contributed by atoms with Gasteiger partial charge in [-0.25, -0.2) is 9.97 Å². The molecule has 0 unspecified atom stereocenters. The van der Waals surface area contributed by atoms with Gasteiger partial charge in [0.15, 0.2) is 5.82 Å². The monoisotopic (exact) mass is 597 g/mol. The number of aromatic nitrogens is 2. The summed E-state index contributed by atoms with van der Waals surface area (Å²) in [5.74, 6) is 1.04. The number of morpholine rings is 1. The number of imide groups is 1. The van der Waals surface area contributed by atoms with Crippen LogP contribution in [-0.4, -0.2) is 66.1 Å². The van der Waals surface area contributed by atoms with Crippen LogP contribution in [0, 0.1) is 6.92 Å². The second-order valence-electron chi connectivity index (χ2n) is 9.34. The summed E-state index contributed by atoms with van der Waals surface area (Å²) in [4.78, 5) is 39.3. The summed E-state index contributed by atoms with van der Waals surface area (Å²) >= 11 is 3.12. The number of fused-ring (bicyclic) bond motifs is 1. The third-order valence-electron chi connectivity index (χ3n) is 6.84. The molecule has 0 saturated carbocycles. The van der Waals surface area contributed by atoms with Crippen molar-refractivity contribution in [3.63, 3.8) is 0 Å². The zero-order valence-electron chi connectivity index (χ0n) is 22.0. The number of benzene rings is 1. The number of ether oxygens (including phenoxy) is 2. The minimum Gasteiger partial charge on any atom is -0.492 e. The number of rotatable bonds is 8. The predicted octanol–water partition coefficient (Wildman–Crippen LogP) is 4.87. The molecule has 6 rings (SSSR count). The zero-order chi connectivity index (χ0) is 26.9. The van der Waals surface area contributed by atoms with Gasteiger partial charge in [-0.3, -0.25) is 19.8 Å². The van der Waals surface area contributed by atoms with Crippen LogP contribution in [0.15, 0.2) is 53.0 Å². The van der Waals surface area contributed by atoms with Crippen molar-refractivity contribution < 1.29 is 19.1 Å². The van der Waals surface area contributed by atoms with Crippen LogP contribution in [0.3, 0.4) is 0 Å². The molecule has 1 aromatic carbocycles. The summed E-state index contributed by atoms with van der Waals surface area (Å²) in [6.45, 7) is 8.60. The fraction of sp³-hybridized carbons (Fsp3) is 0.286. The highest BCUT2D eigenvalue weighted by atomic mass is 35.5. The summed E-state index contributed by atoms with van der Waals surface area (Å²) in [7, 11) is 0. The van der Waals surface area contributed by atoms with E-state index in [9.17, 15) is 9.59 Å². The summed E-state index contributed by atoms with van der Waals surface area (Å²) in [5, 5.41) is 8.30. The highest BCUT2D eigenvalue weighted by Crippen LogP contribution is 2.42. The van der Waals surface area contributed by atoms with E-state index < -0.39 is 11.8 Å². The average Bonchev–Trinajstić information content (AvgIpc) is 3.66. The summed E-state index contributed by atoms with van der Waals surface area (Å²) in [6.07, 6.45) is 0. The van der Waals surface area contributed by atoms with Crippen molar-refractivity contribution >= 4 is 62.9 Å². The van der Waals surface area contributed by atoms with Crippen LogP contribution in [0.2, 0.25) is 0 Å². The molecule has 40 heavy (non-hydrogen) atoms. The predicted molar refractivity (Wildman–Crippen MR) is 160 cm³/mol. The van der Waals surface area contributed by atoms with E-state index in [2.05, 4.69) is 27.7 Å². The maximum atomic E-state index is 12.4.